The predicted octanol–water partition coefficient (Wildman–Crippen LogP) is 4.14. The summed E-state index contributed by atoms with van der Waals surface area (Å²) in [6.07, 6.45) is -1.33. The van der Waals surface area contributed by atoms with E-state index in [9.17, 15) is 19.2 Å². The molecule has 0 bridgehead atoms. The van der Waals surface area contributed by atoms with Crippen LogP contribution in [0.3, 0.4) is 0 Å². The molecule has 0 saturated heterocycles. The van der Waals surface area contributed by atoms with Crippen molar-refractivity contribution >= 4 is 40.3 Å². The molecule has 3 rings (SSSR count). The molecule has 0 aliphatic heterocycles. The maximum atomic E-state index is 13.7. The molecule has 9 nitrogen and oxygen atoms in total. The van der Waals surface area contributed by atoms with Crippen LogP contribution in [0.25, 0.3) is 10.8 Å². The third-order valence-electron chi connectivity index (χ3n) is 5.71. The van der Waals surface area contributed by atoms with Gasteiger partial charge in [0.2, 0.25) is 11.8 Å². The average Bonchev–Trinajstić information content (AvgIpc) is 2.85. The molecule has 4 amide bonds. The number of carbonyl (C=O) groups excluding carboxylic acids is 4. The van der Waals surface area contributed by atoms with E-state index >= 15 is 0 Å². The summed E-state index contributed by atoms with van der Waals surface area (Å²) in [6, 6.07) is 19.8. The van der Waals surface area contributed by atoms with Crippen molar-refractivity contribution in [2.24, 2.45) is 5.73 Å². The molecule has 0 heterocycles. The fourth-order valence-corrected chi connectivity index (χ4v) is 4.10. The van der Waals surface area contributed by atoms with Gasteiger partial charge < -0.3 is 26.0 Å². The maximum absolute atomic E-state index is 13.7. The Kier molecular flexibility index (Phi) is 9.07. The molecule has 0 radical (unpaired) electrons. The van der Waals surface area contributed by atoms with Gasteiger partial charge in [0.1, 0.15) is 17.7 Å². The summed E-state index contributed by atoms with van der Waals surface area (Å²) < 4.78 is 5.27. The highest BCUT2D eigenvalue weighted by Gasteiger charge is 2.36. The standard InChI is InChI=1S/C29H34N4O5/c1-5-33(27(36)23(18-24(30)34)32-28(37)38-29(2,3)4)25(20-12-7-6-8-13-20)26(35)31-22-16-15-19-11-9-10-14-21(19)17-22/h6-17,23,25H,5,18H2,1-4H3,(H2,30,34)(H,31,35)(H,32,37). The van der Waals surface area contributed by atoms with Gasteiger partial charge in [0, 0.05) is 12.2 Å². The number of carbonyl (C=O) groups is 4. The third-order valence-corrected chi connectivity index (χ3v) is 5.71. The summed E-state index contributed by atoms with van der Waals surface area (Å²) >= 11 is 0. The number of anilines is 1. The first-order valence-electron chi connectivity index (χ1n) is 12.4. The lowest BCUT2D eigenvalue weighted by Gasteiger charge is -2.33. The first-order valence-corrected chi connectivity index (χ1v) is 12.4. The molecule has 0 aliphatic carbocycles. The van der Waals surface area contributed by atoms with Gasteiger partial charge in [-0.15, -0.1) is 0 Å². The van der Waals surface area contributed by atoms with E-state index in [0.717, 1.165) is 10.8 Å². The number of likely N-dealkylation sites (N-methyl/N-ethyl adjacent to an activating group) is 1. The number of ether oxygens (including phenoxy) is 1. The molecular weight excluding hydrogens is 484 g/mol. The van der Waals surface area contributed by atoms with E-state index in [0.29, 0.717) is 11.3 Å². The molecule has 38 heavy (non-hydrogen) atoms. The van der Waals surface area contributed by atoms with Crippen LogP contribution in [-0.4, -0.2) is 46.9 Å². The summed E-state index contributed by atoms with van der Waals surface area (Å²) in [6.45, 7) is 6.87. The second-order valence-electron chi connectivity index (χ2n) is 9.86. The minimum absolute atomic E-state index is 0.120. The normalized spacial score (nSPS) is 12.7. The lowest BCUT2D eigenvalue weighted by molar-refractivity contribution is -0.141. The lowest BCUT2D eigenvalue weighted by Crippen LogP contribution is -2.53. The number of nitrogens with two attached hydrogens (primary N) is 1. The van der Waals surface area contributed by atoms with Gasteiger partial charge in [-0.25, -0.2) is 4.79 Å². The van der Waals surface area contributed by atoms with E-state index < -0.39 is 47.9 Å². The molecule has 2 atom stereocenters. The third kappa shape index (κ3) is 7.55. The minimum atomic E-state index is -1.32. The number of nitrogens with zero attached hydrogens (tertiary/aromatic N) is 1. The van der Waals surface area contributed by atoms with Gasteiger partial charge in [-0.2, -0.15) is 0 Å². The van der Waals surface area contributed by atoms with Crippen molar-refractivity contribution in [3.05, 3.63) is 78.4 Å². The van der Waals surface area contributed by atoms with Gasteiger partial charge in [-0.3, -0.25) is 14.4 Å². The van der Waals surface area contributed by atoms with E-state index in [1.54, 1.807) is 64.1 Å². The molecule has 200 valence electrons. The Morgan fingerprint density at radius 1 is 0.921 bits per heavy atom. The quantitative estimate of drug-likeness (QED) is 0.392. The number of fused-ring (bicyclic) bond motifs is 1. The van der Waals surface area contributed by atoms with Crippen molar-refractivity contribution in [3.63, 3.8) is 0 Å². The Labute approximate surface area is 222 Å². The predicted molar refractivity (Wildman–Crippen MR) is 146 cm³/mol. The SMILES string of the molecule is CCN(C(=O)C(CC(N)=O)NC(=O)OC(C)(C)C)C(C(=O)Nc1ccc2ccccc2c1)c1ccccc1. The average molecular weight is 519 g/mol. The summed E-state index contributed by atoms with van der Waals surface area (Å²) in [7, 11) is 0. The highest BCUT2D eigenvalue weighted by molar-refractivity contribution is 6.01. The molecule has 0 spiro atoms. The number of amides is 4. The molecule has 0 fully saturated rings. The largest absolute Gasteiger partial charge is 0.444 e. The fraction of sp³-hybridized carbons (Fsp3) is 0.310. The van der Waals surface area contributed by atoms with Gasteiger partial charge in [-0.05, 0) is 56.2 Å². The van der Waals surface area contributed by atoms with Crippen LogP contribution in [0.15, 0.2) is 72.8 Å². The van der Waals surface area contributed by atoms with Gasteiger partial charge in [-0.1, -0.05) is 60.7 Å². The topological polar surface area (TPSA) is 131 Å². The van der Waals surface area contributed by atoms with Crippen molar-refractivity contribution < 1.29 is 23.9 Å². The summed E-state index contributed by atoms with van der Waals surface area (Å²) in [5.41, 5.74) is 5.71. The molecule has 3 aromatic rings. The number of rotatable bonds is 9. The second kappa shape index (κ2) is 12.2. The number of hydrogen-bond acceptors (Lipinski definition) is 5. The molecule has 0 aliphatic rings. The summed E-state index contributed by atoms with van der Waals surface area (Å²) in [4.78, 5) is 53.0. The minimum Gasteiger partial charge on any atom is -0.444 e. The smallest absolute Gasteiger partial charge is 0.408 e. The van der Waals surface area contributed by atoms with E-state index in [1.807, 2.05) is 36.4 Å². The van der Waals surface area contributed by atoms with Crippen molar-refractivity contribution in [3.8, 4) is 0 Å². The highest BCUT2D eigenvalue weighted by atomic mass is 16.6. The van der Waals surface area contributed by atoms with Crippen LogP contribution < -0.4 is 16.4 Å². The Hall–Kier alpha value is -4.40. The van der Waals surface area contributed by atoms with Gasteiger partial charge >= 0.3 is 6.09 Å². The van der Waals surface area contributed by atoms with Crippen molar-refractivity contribution in [1.29, 1.82) is 0 Å². The molecule has 9 heteroatoms. The Morgan fingerprint density at radius 2 is 1.55 bits per heavy atom. The molecular formula is C29H34N4O5. The van der Waals surface area contributed by atoms with Crippen LogP contribution in [-0.2, 0) is 19.1 Å². The van der Waals surface area contributed by atoms with E-state index in [1.165, 1.54) is 4.90 Å². The molecule has 0 aromatic heterocycles. The van der Waals surface area contributed by atoms with Gasteiger partial charge in [0.15, 0.2) is 0 Å². The van der Waals surface area contributed by atoms with E-state index in [2.05, 4.69) is 10.6 Å². The van der Waals surface area contributed by atoms with Crippen LogP contribution in [0.5, 0.6) is 0 Å². The number of primary amides is 1. The van der Waals surface area contributed by atoms with Gasteiger partial charge in [0.25, 0.3) is 5.91 Å². The maximum Gasteiger partial charge on any atom is 0.408 e. The second-order valence-corrected chi connectivity index (χ2v) is 9.86. The highest BCUT2D eigenvalue weighted by Crippen LogP contribution is 2.26. The summed E-state index contributed by atoms with van der Waals surface area (Å²) in [5.74, 6) is -1.87. The Balaban J connectivity index is 1.93. The zero-order chi connectivity index (χ0) is 27.9. The summed E-state index contributed by atoms with van der Waals surface area (Å²) in [5, 5.41) is 7.34. The van der Waals surface area contributed by atoms with Crippen molar-refractivity contribution in [2.45, 2.75) is 51.8 Å². The van der Waals surface area contributed by atoms with Crippen LogP contribution in [0, 0.1) is 0 Å². The number of nitrogens with one attached hydrogen (secondary N) is 2. The first kappa shape index (κ1) is 28.2. The Morgan fingerprint density at radius 3 is 2.16 bits per heavy atom. The van der Waals surface area contributed by atoms with Crippen molar-refractivity contribution in [2.75, 3.05) is 11.9 Å². The number of alkyl carbamates (subject to hydrolysis) is 1. The lowest BCUT2D eigenvalue weighted by atomic mass is 10.0. The molecule has 0 saturated carbocycles. The van der Waals surface area contributed by atoms with Gasteiger partial charge in [0.05, 0.1) is 6.42 Å². The monoisotopic (exact) mass is 518 g/mol. The van der Waals surface area contributed by atoms with E-state index in [-0.39, 0.29) is 6.54 Å². The molecule has 2 unspecified atom stereocenters. The van der Waals surface area contributed by atoms with E-state index in [4.69, 9.17) is 10.5 Å². The molecule has 3 aromatic carbocycles. The zero-order valence-electron chi connectivity index (χ0n) is 22.1. The van der Waals surface area contributed by atoms with Crippen molar-refractivity contribution in [1.82, 2.24) is 10.2 Å². The Bertz CT molecular complexity index is 1300. The number of benzene rings is 3. The fourth-order valence-electron chi connectivity index (χ4n) is 4.10. The first-order chi connectivity index (χ1) is 18.0. The van der Waals surface area contributed by atoms with Crippen LogP contribution in [0.4, 0.5) is 10.5 Å². The molecule has 4 N–H and O–H groups in total. The van der Waals surface area contributed by atoms with Crippen LogP contribution in [0.1, 0.15) is 45.7 Å². The van der Waals surface area contributed by atoms with Crippen LogP contribution in [0.2, 0.25) is 0 Å². The zero-order valence-corrected chi connectivity index (χ0v) is 22.1. The number of hydrogen-bond donors (Lipinski definition) is 3. The van der Waals surface area contributed by atoms with Crippen LogP contribution >= 0.6 is 0 Å².